The number of aromatic hydroxyl groups is 2. The molecule has 0 amide bonds. The highest BCUT2D eigenvalue weighted by molar-refractivity contribution is 6.00. The second kappa shape index (κ2) is 5.25. The van der Waals surface area contributed by atoms with Gasteiger partial charge in [0.2, 0.25) is 5.88 Å². The summed E-state index contributed by atoms with van der Waals surface area (Å²) in [5.74, 6) is -1.41. The van der Waals surface area contributed by atoms with Crippen molar-refractivity contribution in [2.45, 2.75) is 0 Å². The minimum Gasteiger partial charge on any atom is -0.505 e. The van der Waals surface area contributed by atoms with E-state index in [9.17, 15) is 15.0 Å². The molecular formula is C16H11NO5. The van der Waals surface area contributed by atoms with E-state index < -0.39 is 23.3 Å². The van der Waals surface area contributed by atoms with E-state index in [1.807, 2.05) is 18.2 Å². The van der Waals surface area contributed by atoms with Gasteiger partial charge in [-0.15, -0.1) is 0 Å². The number of carboxylic acids is 1. The second-order valence-electron chi connectivity index (χ2n) is 4.56. The van der Waals surface area contributed by atoms with Crippen LogP contribution in [0.3, 0.4) is 0 Å². The summed E-state index contributed by atoms with van der Waals surface area (Å²) in [6, 6.07) is 13.5. The van der Waals surface area contributed by atoms with Gasteiger partial charge < -0.3 is 20.1 Å². The molecule has 0 aliphatic heterocycles. The molecule has 3 aromatic rings. The molecule has 0 spiro atoms. The number of para-hydroxylation sites is 1. The maximum atomic E-state index is 11.0. The van der Waals surface area contributed by atoms with Gasteiger partial charge in [-0.2, -0.15) is 0 Å². The second-order valence-corrected chi connectivity index (χ2v) is 4.56. The maximum absolute atomic E-state index is 11.0. The highest BCUT2D eigenvalue weighted by Gasteiger charge is 2.18. The molecule has 2 aromatic carbocycles. The number of hydrogen-bond donors (Lipinski definition) is 3. The fourth-order valence-electron chi connectivity index (χ4n) is 2.10. The summed E-state index contributed by atoms with van der Waals surface area (Å²) in [5, 5.41) is 29.2. The van der Waals surface area contributed by atoms with Crippen LogP contribution in [0.4, 0.5) is 0 Å². The first-order valence-electron chi connectivity index (χ1n) is 6.38. The number of aromatic carboxylic acids is 1. The molecule has 3 N–H and O–H groups in total. The zero-order valence-corrected chi connectivity index (χ0v) is 11.2. The van der Waals surface area contributed by atoms with Crippen molar-refractivity contribution in [3.63, 3.8) is 0 Å². The number of nitrogens with zero attached hydrogens (tertiary/aromatic N) is 1. The molecule has 0 unspecified atom stereocenters. The zero-order valence-electron chi connectivity index (χ0n) is 11.2. The van der Waals surface area contributed by atoms with Crippen LogP contribution in [-0.2, 0) is 0 Å². The summed E-state index contributed by atoms with van der Waals surface area (Å²) in [6.45, 7) is 0. The number of carboxylic acid groups (broad SMARTS) is 1. The lowest BCUT2D eigenvalue weighted by Gasteiger charge is -2.09. The average Bonchev–Trinajstić information content (AvgIpc) is 2.51. The first-order chi connectivity index (χ1) is 10.6. The number of aromatic nitrogens is 1. The number of carbonyl (C=O) groups is 1. The number of hydrogen-bond acceptors (Lipinski definition) is 5. The summed E-state index contributed by atoms with van der Waals surface area (Å²) in [4.78, 5) is 14.5. The molecule has 0 aliphatic rings. The molecule has 0 bridgehead atoms. The van der Waals surface area contributed by atoms with Crippen molar-refractivity contribution in [1.29, 1.82) is 0 Å². The Morgan fingerprint density at radius 1 is 0.955 bits per heavy atom. The Bertz CT molecular complexity index is 861. The van der Waals surface area contributed by atoms with Crippen LogP contribution in [0, 0.1) is 0 Å². The van der Waals surface area contributed by atoms with Crippen LogP contribution in [0.2, 0.25) is 0 Å². The molecule has 0 aliphatic carbocycles. The Kier molecular flexibility index (Phi) is 3.27. The molecule has 1 aromatic heterocycles. The number of rotatable bonds is 3. The fraction of sp³-hybridized carbons (Fsp3) is 0. The third kappa shape index (κ3) is 2.37. The van der Waals surface area contributed by atoms with Crippen molar-refractivity contribution in [2.24, 2.45) is 0 Å². The molecule has 0 radical (unpaired) electrons. The number of ether oxygens (including phenoxy) is 1. The molecule has 6 heteroatoms. The molecule has 0 saturated carbocycles. The van der Waals surface area contributed by atoms with Crippen molar-refractivity contribution in [3.8, 4) is 23.1 Å². The van der Waals surface area contributed by atoms with E-state index >= 15 is 0 Å². The molecule has 0 saturated heterocycles. The topological polar surface area (TPSA) is 99.9 Å². The molecule has 0 fully saturated rings. The van der Waals surface area contributed by atoms with Crippen LogP contribution in [0.1, 0.15) is 10.5 Å². The van der Waals surface area contributed by atoms with Crippen molar-refractivity contribution < 1.29 is 24.9 Å². The quantitative estimate of drug-likeness (QED) is 0.686. The Labute approximate surface area is 124 Å². The predicted molar refractivity (Wildman–Crippen MR) is 78.5 cm³/mol. The minimum absolute atomic E-state index is 0.151. The lowest BCUT2D eigenvalue weighted by atomic mass is 10.1. The van der Waals surface area contributed by atoms with Crippen LogP contribution < -0.4 is 4.74 Å². The number of pyridine rings is 1. The smallest absolute Gasteiger partial charge is 0.358 e. The van der Waals surface area contributed by atoms with Crippen LogP contribution in [0.25, 0.3) is 10.8 Å². The summed E-state index contributed by atoms with van der Waals surface area (Å²) < 4.78 is 5.62. The van der Waals surface area contributed by atoms with Gasteiger partial charge in [0.25, 0.3) is 0 Å². The van der Waals surface area contributed by atoms with Crippen molar-refractivity contribution >= 4 is 16.7 Å². The molecular weight excluding hydrogens is 286 g/mol. The van der Waals surface area contributed by atoms with Gasteiger partial charge in [-0.3, -0.25) is 0 Å². The van der Waals surface area contributed by atoms with Gasteiger partial charge in [0.15, 0.2) is 11.4 Å². The molecule has 110 valence electrons. The van der Waals surface area contributed by atoms with Gasteiger partial charge in [0, 0.05) is 10.8 Å². The van der Waals surface area contributed by atoms with E-state index in [1.54, 1.807) is 18.2 Å². The van der Waals surface area contributed by atoms with Crippen LogP contribution in [0.15, 0.2) is 48.5 Å². The van der Waals surface area contributed by atoms with E-state index in [1.165, 1.54) is 12.1 Å². The summed E-state index contributed by atoms with van der Waals surface area (Å²) in [6.07, 6.45) is 0. The van der Waals surface area contributed by atoms with E-state index in [2.05, 4.69) is 4.98 Å². The molecule has 6 nitrogen and oxygen atoms in total. The van der Waals surface area contributed by atoms with Crippen molar-refractivity contribution in [2.75, 3.05) is 0 Å². The van der Waals surface area contributed by atoms with Crippen LogP contribution in [-0.4, -0.2) is 26.3 Å². The Balaban J connectivity index is 2.12. The Morgan fingerprint density at radius 3 is 2.36 bits per heavy atom. The maximum Gasteiger partial charge on any atom is 0.358 e. The third-order valence-electron chi connectivity index (χ3n) is 3.11. The summed E-state index contributed by atoms with van der Waals surface area (Å²) in [5.41, 5.74) is -0.609. The van der Waals surface area contributed by atoms with E-state index in [0.29, 0.717) is 11.5 Å². The molecule has 0 atom stereocenters. The average molecular weight is 297 g/mol. The number of benzene rings is 2. The van der Waals surface area contributed by atoms with Gasteiger partial charge in [-0.25, -0.2) is 9.78 Å². The SMILES string of the molecule is O=C(O)c1nc(O)c2ccc(Oc3ccccc3)cc2c1O. The lowest BCUT2D eigenvalue weighted by Crippen LogP contribution is -2.01. The van der Waals surface area contributed by atoms with Gasteiger partial charge in [-0.1, -0.05) is 18.2 Å². The van der Waals surface area contributed by atoms with Crippen molar-refractivity contribution in [1.82, 2.24) is 4.98 Å². The Morgan fingerprint density at radius 2 is 1.68 bits per heavy atom. The highest BCUT2D eigenvalue weighted by Crippen LogP contribution is 2.36. The lowest BCUT2D eigenvalue weighted by molar-refractivity contribution is 0.0686. The largest absolute Gasteiger partial charge is 0.505 e. The molecule has 22 heavy (non-hydrogen) atoms. The Hall–Kier alpha value is -3.28. The van der Waals surface area contributed by atoms with Gasteiger partial charge >= 0.3 is 5.97 Å². The third-order valence-corrected chi connectivity index (χ3v) is 3.11. The van der Waals surface area contributed by atoms with E-state index in [4.69, 9.17) is 9.84 Å². The van der Waals surface area contributed by atoms with Crippen LogP contribution in [0.5, 0.6) is 23.1 Å². The summed E-state index contributed by atoms with van der Waals surface area (Å²) >= 11 is 0. The van der Waals surface area contributed by atoms with Gasteiger partial charge in [0.05, 0.1) is 0 Å². The van der Waals surface area contributed by atoms with Crippen molar-refractivity contribution in [3.05, 3.63) is 54.2 Å². The van der Waals surface area contributed by atoms with E-state index in [0.717, 1.165) is 0 Å². The van der Waals surface area contributed by atoms with Gasteiger partial charge in [-0.05, 0) is 30.3 Å². The van der Waals surface area contributed by atoms with Crippen LogP contribution >= 0.6 is 0 Å². The highest BCUT2D eigenvalue weighted by atomic mass is 16.5. The monoisotopic (exact) mass is 297 g/mol. The first kappa shape index (κ1) is 13.7. The molecule has 1 heterocycles. The molecule has 3 rings (SSSR count). The fourth-order valence-corrected chi connectivity index (χ4v) is 2.10. The summed E-state index contributed by atoms with van der Waals surface area (Å²) in [7, 11) is 0. The minimum atomic E-state index is -1.43. The van der Waals surface area contributed by atoms with E-state index in [-0.39, 0.29) is 10.8 Å². The zero-order chi connectivity index (χ0) is 15.7. The standard InChI is InChI=1S/C16H11NO5/c18-14-12-8-10(22-9-4-2-1-3-5-9)6-7-11(12)15(19)17-13(14)16(20)21/h1-8,18H,(H,17,19)(H,20,21). The first-order valence-corrected chi connectivity index (χ1v) is 6.38. The normalized spacial score (nSPS) is 10.5. The van der Waals surface area contributed by atoms with Gasteiger partial charge in [0.1, 0.15) is 11.5 Å². The predicted octanol–water partition coefficient (Wildman–Crippen LogP) is 3.14. The number of fused-ring (bicyclic) bond motifs is 1.